The Bertz CT molecular complexity index is 801. The third kappa shape index (κ3) is 4.72. The van der Waals surface area contributed by atoms with Gasteiger partial charge in [0.1, 0.15) is 11.6 Å². The molecule has 7 heteroatoms. The van der Waals surface area contributed by atoms with Crippen LogP contribution in [0.2, 0.25) is 0 Å². The summed E-state index contributed by atoms with van der Waals surface area (Å²) >= 11 is 0. The SMILES string of the molecule is CC(C)Cn1nccc1NC(=O)C1CCCN(C(=O)c2ccc(F)cc2)C1. The summed E-state index contributed by atoms with van der Waals surface area (Å²) in [4.78, 5) is 27.0. The predicted octanol–water partition coefficient (Wildman–Crippen LogP) is 3.17. The molecule has 1 atom stereocenters. The first kappa shape index (κ1) is 19.1. The van der Waals surface area contributed by atoms with E-state index in [1.54, 1.807) is 21.8 Å². The van der Waals surface area contributed by atoms with Gasteiger partial charge in [0, 0.05) is 31.3 Å². The molecule has 144 valence electrons. The number of aromatic nitrogens is 2. The predicted molar refractivity (Wildman–Crippen MR) is 101 cm³/mol. The van der Waals surface area contributed by atoms with Crippen LogP contribution in [0.3, 0.4) is 0 Å². The van der Waals surface area contributed by atoms with E-state index in [1.165, 1.54) is 24.3 Å². The number of anilines is 1. The zero-order valence-corrected chi connectivity index (χ0v) is 15.7. The summed E-state index contributed by atoms with van der Waals surface area (Å²) in [5.74, 6) is 0.176. The lowest BCUT2D eigenvalue weighted by atomic mass is 9.96. The van der Waals surface area contributed by atoms with Gasteiger partial charge in [-0.2, -0.15) is 5.10 Å². The fraction of sp³-hybridized carbons (Fsp3) is 0.450. The molecule has 1 saturated heterocycles. The van der Waals surface area contributed by atoms with Gasteiger partial charge in [-0.1, -0.05) is 13.8 Å². The van der Waals surface area contributed by atoms with Gasteiger partial charge >= 0.3 is 0 Å². The number of piperidine rings is 1. The van der Waals surface area contributed by atoms with Crippen LogP contribution in [0.25, 0.3) is 0 Å². The maximum absolute atomic E-state index is 13.1. The van der Waals surface area contributed by atoms with Crippen molar-refractivity contribution in [2.75, 3.05) is 18.4 Å². The third-order valence-corrected chi connectivity index (χ3v) is 4.68. The highest BCUT2D eigenvalue weighted by Crippen LogP contribution is 2.21. The fourth-order valence-electron chi connectivity index (χ4n) is 3.31. The van der Waals surface area contributed by atoms with Gasteiger partial charge in [0.05, 0.1) is 12.1 Å². The van der Waals surface area contributed by atoms with Crippen molar-refractivity contribution < 1.29 is 14.0 Å². The molecule has 2 aromatic rings. The summed E-state index contributed by atoms with van der Waals surface area (Å²) in [6.45, 7) is 5.87. The van der Waals surface area contributed by atoms with Crippen LogP contribution in [0.15, 0.2) is 36.5 Å². The van der Waals surface area contributed by atoms with E-state index in [2.05, 4.69) is 24.3 Å². The zero-order valence-electron chi connectivity index (χ0n) is 15.7. The van der Waals surface area contributed by atoms with Gasteiger partial charge in [-0.25, -0.2) is 9.07 Å². The van der Waals surface area contributed by atoms with Crippen molar-refractivity contribution in [3.05, 3.63) is 47.9 Å². The second-order valence-electron chi connectivity index (χ2n) is 7.38. The molecule has 1 aliphatic rings. The van der Waals surface area contributed by atoms with Gasteiger partial charge in [0.15, 0.2) is 0 Å². The lowest BCUT2D eigenvalue weighted by Gasteiger charge is -2.32. The standard InChI is InChI=1S/C20H25FN4O2/c1-14(2)12-25-18(9-10-22-25)23-19(26)16-4-3-11-24(13-16)20(27)15-5-7-17(21)8-6-15/h5-10,14,16H,3-4,11-13H2,1-2H3,(H,23,26). The zero-order chi connectivity index (χ0) is 19.4. The van der Waals surface area contributed by atoms with Crippen LogP contribution < -0.4 is 5.32 Å². The Hall–Kier alpha value is -2.70. The molecule has 1 N–H and O–H groups in total. The maximum atomic E-state index is 13.1. The highest BCUT2D eigenvalue weighted by molar-refractivity contribution is 5.96. The Balaban J connectivity index is 1.63. The number of nitrogens with zero attached hydrogens (tertiary/aromatic N) is 3. The van der Waals surface area contributed by atoms with E-state index in [0.29, 0.717) is 30.4 Å². The summed E-state index contributed by atoms with van der Waals surface area (Å²) in [7, 11) is 0. The lowest BCUT2D eigenvalue weighted by Crippen LogP contribution is -2.44. The monoisotopic (exact) mass is 372 g/mol. The number of hydrogen-bond donors (Lipinski definition) is 1. The highest BCUT2D eigenvalue weighted by Gasteiger charge is 2.29. The third-order valence-electron chi connectivity index (χ3n) is 4.68. The molecule has 2 heterocycles. The molecule has 0 spiro atoms. The van der Waals surface area contributed by atoms with Crippen molar-refractivity contribution in [2.24, 2.45) is 11.8 Å². The number of hydrogen-bond acceptors (Lipinski definition) is 3. The van der Waals surface area contributed by atoms with Crippen molar-refractivity contribution in [1.29, 1.82) is 0 Å². The number of carbonyl (C=O) groups is 2. The van der Waals surface area contributed by atoms with Crippen molar-refractivity contribution in [2.45, 2.75) is 33.2 Å². The number of benzene rings is 1. The average molecular weight is 372 g/mol. The molecule has 0 aliphatic carbocycles. The maximum Gasteiger partial charge on any atom is 0.253 e. The Morgan fingerprint density at radius 3 is 2.70 bits per heavy atom. The molecule has 1 aliphatic heterocycles. The molecule has 1 aromatic carbocycles. The molecule has 0 bridgehead atoms. The molecule has 6 nitrogen and oxygen atoms in total. The van der Waals surface area contributed by atoms with Crippen molar-refractivity contribution in [3.8, 4) is 0 Å². The molecule has 0 radical (unpaired) electrons. The molecule has 3 rings (SSSR count). The minimum atomic E-state index is -0.375. The average Bonchev–Trinajstić information content (AvgIpc) is 3.08. The molecule has 1 aromatic heterocycles. The fourth-order valence-corrected chi connectivity index (χ4v) is 3.31. The summed E-state index contributed by atoms with van der Waals surface area (Å²) < 4.78 is 14.9. The topological polar surface area (TPSA) is 67.2 Å². The van der Waals surface area contributed by atoms with Crippen molar-refractivity contribution in [1.82, 2.24) is 14.7 Å². The van der Waals surface area contributed by atoms with Crippen molar-refractivity contribution in [3.63, 3.8) is 0 Å². The van der Waals surface area contributed by atoms with Gasteiger partial charge in [-0.15, -0.1) is 0 Å². The first-order valence-corrected chi connectivity index (χ1v) is 9.31. The summed E-state index contributed by atoms with van der Waals surface area (Å²) in [5.41, 5.74) is 0.437. The van der Waals surface area contributed by atoms with Gasteiger partial charge in [0.25, 0.3) is 5.91 Å². The molecule has 2 amide bonds. The van der Waals surface area contributed by atoms with Crippen LogP contribution in [-0.2, 0) is 11.3 Å². The molecule has 1 unspecified atom stereocenters. The minimum absolute atomic E-state index is 0.0999. The van der Waals surface area contributed by atoms with E-state index in [-0.39, 0.29) is 23.5 Å². The van der Waals surface area contributed by atoms with Crippen LogP contribution >= 0.6 is 0 Å². The second-order valence-corrected chi connectivity index (χ2v) is 7.38. The van der Waals surface area contributed by atoms with Crippen LogP contribution in [-0.4, -0.2) is 39.6 Å². The summed E-state index contributed by atoms with van der Waals surface area (Å²) in [6, 6.07) is 7.29. The van der Waals surface area contributed by atoms with Gasteiger partial charge in [0.2, 0.25) is 5.91 Å². The number of nitrogens with one attached hydrogen (secondary N) is 1. The molecule has 0 saturated carbocycles. The Morgan fingerprint density at radius 1 is 1.26 bits per heavy atom. The van der Waals surface area contributed by atoms with E-state index < -0.39 is 0 Å². The smallest absolute Gasteiger partial charge is 0.253 e. The van der Waals surface area contributed by atoms with Crippen LogP contribution in [0, 0.1) is 17.7 Å². The number of carbonyl (C=O) groups excluding carboxylic acids is 2. The number of amides is 2. The van der Waals surface area contributed by atoms with Gasteiger partial charge in [-0.05, 0) is 43.0 Å². The van der Waals surface area contributed by atoms with E-state index >= 15 is 0 Å². The summed E-state index contributed by atoms with van der Waals surface area (Å²) in [5, 5.41) is 7.20. The summed E-state index contributed by atoms with van der Waals surface area (Å²) in [6.07, 6.45) is 3.16. The first-order valence-electron chi connectivity index (χ1n) is 9.31. The lowest BCUT2D eigenvalue weighted by molar-refractivity contribution is -0.121. The van der Waals surface area contributed by atoms with E-state index in [1.807, 2.05) is 0 Å². The quantitative estimate of drug-likeness (QED) is 0.877. The number of halogens is 1. The number of likely N-dealkylation sites (tertiary alicyclic amines) is 1. The largest absolute Gasteiger partial charge is 0.338 e. The van der Waals surface area contributed by atoms with Crippen LogP contribution in [0.5, 0.6) is 0 Å². The molecular weight excluding hydrogens is 347 g/mol. The highest BCUT2D eigenvalue weighted by atomic mass is 19.1. The Labute approximate surface area is 158 Å². The molecular formula is C20H25FN4O2. The van der Waals surface area contributed by atoms with Gasteiger partial charge < -0.3 is 10.2 Å². The van der Waals surface area contributed by atoms with Gasteiger partial charge in [-0.3, -0.25) is 9.59 Å². The van der Waals surface area contributed by atoms with Crippen LogP contribution in [0.4, 0.5) is 10.2 Å². The Kier molecular flexibility index (Phi) is 5.88. The van der Waals surface area contributed by atoms with Crippen LogP contribution in [0.1, 0.15) is 37.0 Å². The molecule has 1 fully saturated rings. The minimum Gasteiger partial charge on any atom is -0.338 e. The van der Waals surface area contributed by atoms with E-state index in [9.17, 15) is 14.0 Å². The first-order chi connectivity index (χ1) is 12.9. The number of rotatable bonds is 5. The van der Waals surface area contributed by atoms with Crippen molar-refractivity contribution >= 4 is 17.6 Å². The molecule has 27 heavy (non-hydrogen) atoms. The second kappa shape index (κ2) is 8.33. The van der Waals surface area contributed by atoms with E-state index in [4.69, 9.17) is 0 Å². The Morgan fingerprint density at radius 2 is 2.00 bits per heavy atom. The normalized spacial score (nSPS) is 17.2. The van der Waals surface area contributed by atoms with E-state index in [0.717, 1.165) is 19.4 Å².